The first-order chi connectivity index (χ1) is 16.1. The average Bonchev–Trinajstić information content (AvgIpc) is 3.20. The number of aliphatic hydroxyl groups excluding tert-OH is 1. The third kappa shape index (κ3) is 5.18. The van der Waals surface area contributed by atoms with E-state index in [9.17, 15) is 4.79 Å². The number of carbonyl (C=O) groups is 1. The Labute approximate surface area is 190 Å². The number of urea groups is 1. The SMILES string of the molecule is COc1ccc(NC(=O)Nc2cccc(-c3nc(NCCCO)c4ncn(C)c4n3)c2)cc1. The number of nitrogens with one attached hydrogen (secondary N) is 3. The molecule has 2 aromatic heterocycles. The van der Waals surface area contributed by atoms with Gasteiger partial charge in [-0.05, 0) is 42.8 Å². The van der Waals surface area contributed by atoms with Crippen LogP contribution in [0.5, 0.6) is 5.75 Å². The lowest BCUT2D eigenvalue weighted by Crippen LogP contribution is -2.19. The third-order valence-corrected chi connectivity index (χ3v) is 4.91. The number of amides is 2. The summed E-state index contributed by atoms with van der Waals surface area (Å²) in [5, 5.41) is 17.9. The van der Waals surface area contributed by atoms with Gasteiger partial charge in [0.05, 0.1) is 13.4 Å². The molecule has 0 saturated carbocycles. The van der Waals surface area contributed by atoms with Gasteiger partial charge in [0.2, 0.25) is 0 Å². The Morgan fingerprint density at radius 1 is 1.09 bits per heavy atom. The molecule has 4 aromatic rings. The van der Waals surface area contributed by atoms with Gasteiger partial charge in [0.25, 0.3) is 0 Å². The maximum atomic E-state index is 12.4. The molecule has 0 saturated heterocycles. The second kappa shape index (κ2) is 9.96. The molecule has 10 heteroatoms. The number of carbonyl (C=O) groups excluding carboxylic acids is 1. The molecular weight excluding hydrogens is 422 g/mol. The molecule has 0 bridgehead atoms. The predicted octanol–water partition coefficient (Wildman–Crippen LogP) is 3.48. The first kappa shape index (κ1) is 22.0. The van der Waals surface area contributed by atoms with Crippen LogP contribution < -0.4 is 20.7 Å². The third-order valence-electron chi connectivity index (χ3n) is 4.91. The van der Waals surface area contributed by atoms with Crippen LogP contribution in [0.2, 0.25) is 0 Å². The molecule has 0 aliphatic heterocycles. The first-order valence-electron chi connectivity index (χ1n) is 10.4. The Balaban J connectivity index is 1.55. The fraction of sp³-hybridized carbons (Fsp3) is 0.217. The van der Waals surface area contributed by atoms with Gasteiger partial charge in [-0.1, -0.05) is 12.1 Å². The van der Waals surface area contributed by atoms with Gasteiger partial charge in [-0.2, -0.15) is 0 Å². The Morgan fingerprint density at radius 2 is 1.88 bits per heavy atom. The van der Waals surface area contributed by atoms with Gasteiger partial charge in [0, 0.05) is 37.1 Å². The lowest BCUT2D eigenvalue weighted by atomic mass is 10.2. The number of rotatable bonds is 8. The maximum Gasteiger partial charge on any atom is 0.323 e. The van der Waals surface area contributed by atoms with Crippen LogP contribution in [-0.4, -0.2) is 50.9 Å². The maximum absolute atomic E-state index is 12.4. The highest BCUT2D eigenvalue weighted by Gasteiger charge is 2.14. The zero-order chi connectivity index (χ0) is 23.2. The molecule has 0 aliphatic rings. The minimum atomic E-state index is -0.369. The van der Waals surface area contributed by atoms with Crippen molar-refractivity contribution in [2.45, 2.75) is 6.42 Å². The zero-order valence-electron chi connectivity index (χ0n) is 18.4. The molecule has 2 amide bonds. The zero-order valence-corrected chi connectivity index (χ0v) is 18.4. The van der Waals surface area contributed by atoms with Gasteiger partial charge in [0.1, 0.15) is 11.3 Å². The Bertz CT molecular complexity index is 1250. The highest BCUT2D eigenvalue weighted by atomic mass is 16.5. The number of hydrogen-bond donors (Lipinski definition) is 4. The fourth-order valence-corrected chi connectivity index (χ4v) is 3.25. The monoisotopic (exact) mass is 447 g/mol. The first-order valence-corrected chi connectivity index (χ1v) is 10.4. The van der Waals surface area contributed by atoms with Crippen LogP contribution in [0.25, 0.3) is 22.6 Å². The summed E-state index contributed by atoms with van der Waals surface area (Å²) in [5.74, 6) is 1.81. The number of imidazole rings is 1. The van der Waals surface area contributed by atoms with Crippen molar-refractivity contribution in [1.82, 2.24) is 19.5 Å². The Kier molecular flexibility index (Phi) is 6.65. The van der Waals surface area contributed by atoms with Gasteiger partial charge in [-0.15, -0.1) is 0 Å². The smallest absolute Gasteiger partial charge is 0.323 e. The molecule has 33 heavy (non-hydrogen) atoms. The highest BCUT2D eigenvalue weighted by Crippen LogP contribution is 2.25. The summed E-state index contributed by atoms with van der Waals surface area (Å²) < 4.78 is 6.95. The number of aromatic nitrogens is 4. The van der Waals surface area contributed by atoms with E-state index in [0.29, 0.717) is 52.9 Å². The van der Waals surface area contributed by atoms with E-state index in [0.717, 1.165) is 5.56 Å². The fourth-order valence-electron chi connectivity index (χ4n) is 3.25. The van der Waals surface area contributed by atoms with Crippen LogP contribution in [0.15, 0.2) is 54.9 Å². The van der Waals surface area contributed by atoms with Crippen LogP contribution in [0.3, 0.4) is 0 Å². The van der Waals surface area contributed by atoms with E-state index in [4.69, 9.17) is 9.84 Å². The second-order valence-corrected chi connectivity index (χ2v) is 7.32. The van der Waals surface area contributed by atoms with Crippen molar-refractivity contribution in [2.24, 2.45) is 7.05 Å². The summed E-state index contributed by atoms with van der Waals surface area (Å²) in [5.41, 5.74) is 3.33. The van der Waals surface area contributed by atoms with Gasteiger partial charge in [-0.3, -0.25) is 0 Å². The van der Waals surface area contributed by atoms with Crippen LogP contribution in [0, 0.1) is 0 Å². The topological polar surface area (TPSA) is 126 Å². The molecule has 4 N–H and O–H groups in total. The van der Waals surface area contributed by atoms with Gasteiger partial charge >= 0.3 is 6.03 Å². The van der Waals surface area contributed by atoms with Crippen LogP contribution in [-0.2, 0) is 7.05 Å². The van der Waals surface area contributed by atoms with Crippen molar-refractivity contribution in [3.05, 3.63) is 54.9 Å². The van der Waals surface area contributed by atoms with E-state index in [-0.39, 0.29) is 12.6 Å². The number of fused-ring (bicyclic) bond motifs is 1. The van der Waals surface area contributed by atoms with Gasteiger partial charge in [0.15, 0.2) is 17.3 Å². The molecule has 10 nitrogen and oxygen atoms in total. The summed E-state index contributed by atoms with van der Waals surface area (Å²) in [4.78, 5) is 26.1. The standard InChI is InChI=1S/C23H25N7O3/c1-30-14-25-19-21(24-11-4-12-31)28-20(29-22(19)30)15-5-3-6-17(13-15)27-23(32)26-16-7-9-18(33-2)10-8-16/h3,5-10,13-14,31H,4,11-12H2,1-2H3,(H,24,28,29)(H2,26,27,32). The summed E-state index contributed by atoms with van der Waals surface area (Å²) in [6.45, 7) is 0.647. The number of hydrogen-bond acceptors (Lipinski definition) is 7. The van der Waals surface area contributed by atoms with Crippen molar-refractivity contribution in [2.75, 3.05) is 36.2 Å². The van der Waals surface area contributed by atoms with Crippen LogP contribution in [0.4, 0.5) is 22.0 Å². The normalized spacial score (nSPS) is 10.8. The predicted molar refractivity (Wildman–Crippen MR) is 128 cm³/mol. The lowest BCUT2D eigenvalue weighted by Gasteiger charge is -2.11. The highest BCUT2D eigenvalue weighted by molar-refractivity contribution is 6.00. The molecule has 0 aliphatic carbocycles. The molecule has 0 fully saturated rings. The molecule has 170 valence electrons. The number of aliphatic hydroxyl groups is 1. The molecular formula is C23H25N7O3. The molecule has 0 atom stereocenters. The quantitative estimate of drug-likeness (QED) is 0.305. The number of benzene rings is 2. The molecule has 0 spiro atoms. The van der Waals surface area contributed by atoms with Crippen molar-refractivity contribution in [1.29, 1.82) is 0 Å². The molecule has 2 heterocycles. The van der Waals surface area contributed by atoms with Gasteiger partial charge < -0.3 is 30.4 Å². The summed E-state index contributed by atoms with van der Waals surface area (Å²) in [6.07, 6.45) is 2.28. The summed E-state index contributed by atoms with van der Waals surface area (Å²) in [7, 11) is 3.46. The summed E-state index contributed by atoms with van der Waals surface area (Å²) in [6, 6.07) is 14.0. The van der Waals surface area contributed by atoms with E-state index in [1.54, 1.807) is 43.8 Å². The van der Waals surface area contributed by atoms with Crippen LogP contribution in [0.1, 0.15) is 6.42 Å². The number of nitrogens with zero attached hydrogens (tertiary/aromatic N) is 4. The molecule has 4 rings (SSSR count). The molecule has 0 radical (unpaired) electrons. The van der Waals surface area contributed by atoms with Crippen molar-refractivity contribution >= 4 is 34.4 Å². The number of aryl methyl sites for hydroxylation is 1. The average molecular weight is 447 g/mol. The van der Waals surface area contributed by atoms with E-state index >= 15 is 0 Å². The lowest BCUT2D eigenvalue weighted by molar-refractivity contribution is 0.262. The van der Waals surface area contributed by atoms with Crippen molar-refractivity contribution in [3.8, 4) is 17.1 Å². The van der Waals surface area contributed by atoms with Crippen LogP contribution >= 0.6 is 0 Å². The molecule has 2 aromatic carbocycles. The van der Waals surface area contributed by atoms with E-state index in [1.807, 2.05) is 29.8 Å². The number of anilines is 3. The minimum Gasteiger partial charge on any atom is -0.497 e. The van der Waals surface area contributed by atoms with Crippen molar-refractivity contribution in [3.63, 3.8) is 0 Å². The van der Waals surface area contributed by atoms with E-state index in [2.05, 4.69) is 30.9 Å². The second-order valence-electron chi connectivity index (χ2n) is 7.32. The minimum absolute atomic E-state index is 0.0859. The van der Waals surface area contributed by atoms with Crippen molar-refractivity contribution < 1.29 is 14.6 Å². The molecule has 0 unspecified atom stereocenters. The Morgan fingerprint density at radius 3 is 2.64 bits per heavy atom. The van der Waals surface area contributed by atoms with E-state index in [1.165, 1.54) is 0 Å². The van der Waals surface area contributed by atoms with Gasteiger partial charge in [-0.25, -0.2) is 19.7 Å². The number of ether oxygens (including phenoxy) is 1. The number of methoxy groups -OCH3 is 1. The summed E-state index contributed by atoms with van der Waals surface area (Å²) >= 11 is 0. The van der Waals surface area contributed by atoms with E-state index < -0.39 is 0 Å². The largest absolute Gasteiger partial charge is 0.497 e. The Hall–Kier alpha value is -4.18.